The van der Waals surface area contributed by atoms with Gasteiger partial charge >= 0.3 is 0 Å². The molecule has 0 saturated carbocycles. The van der Waals surface area contributed by atoms with Crippen molar-refractivity contribution in [3.05, 3.63) is 108 Å². The van der Waals surface area contributed by atoms with E-state index in [1.54, 1.807) is 36.1 Å². The van der Waals surface area contributed by atoms with Crippen LogP contribution in [0.4, 0.5) is 14.7 Å². The fraction of sp³-hybridized carbons (Fsp3) is 0.267. The van der Waals surface area contributed by atoms with Crippen molar-refractivity contribution in [2.75, 3.05) is 38.1 Å². The van der Waals surface area contributed by atoms with Gasteiger partial charge in [0.1, 0.15) is 17.3 Å². The number of aromatic nitrogens is 1. The Kier molecular flexibility index (Phi) is 7.51. The summed E-state index contributed by atoms with van der Waals surface area (Å²) in [4.78, 5) is 22.0. The maximum atomic E-state index is 13.8. The van der Waals surface area contributed by atoms with E-state index in [1.165, 1.54) is 24.3 Å². The zero-order valence-corrected chi connectivity index (χ0v) is 21.4. The van der Waals surface area contributed by atoms with E-state index >= 15 is 0 Å². The summed E-state index contributed by atoms with van der Waals surface area (Å²) < 4.78 is 33.5. The lowest BCUT2D eigenvalue weighted by molar-refractivity contribution is -0.133. The summed E-state index contributed by atoms with van der Waals surface area (Å²) in [6.45, 7) is 3.59. The molecule has 38 heavy (non-hydrogen) atoms. The molecule has 0 aliphatic carbocycles. The first kappa shape index (κ1) is 25.6. The molecule has 4 aromatic rings. The molecule has 6 nitrogen and oxygen atoms in total. The van der Waals surface area contributed by atoms with E-state index in [9.17, 15) is 13.6 Å². The third-order valence-corrected chi connectivity index (χ3v) is 6.93. The number of nitrogens with zero attached hydrogens (tertiary/aromatic N) is 3. The van der Waals surface area contributed by atoms with Crippen LogP contribution in [-0.4, -0.2) is 55.1 Å². The highest BCUT2D eigenvalue weighted by atomic mass is 19.1. The number of piperazine rings is 1. The van der Waals surface area contributed by atoms with Crippen molar-refractivity contribution in [2.24, 2.45) is 0 Å². The minimum absolute atomic E-state index is 0.0683. The highest BCUT2D eigenvalue weighted by molar-refractivity contribution is 5.83. The SMILES string of the molecule is Cc1nc(-c2ccccc2)c(N(C)CC(=O)N2CCNCC2C(c2ccc(F)cc2)c2ccc(F)cc2)o1. The summed E-state index contributed by atoms with van der Waals surface area (Å²) in [5.41, 5.74) is 3.31. The molecular weight excluding hydrogens is 486 g/mol. The fourth-order valence-corrected chi connectivity index (χ4v) is 5.13. The van der Waals surface area contributed by atoms with Crippen LogP contribution in [0.5, 0.6) is 0 Å². The van der Waals surface area contributed by atoms with Gasteiger partial charge in [-0.3, -0.25) is 4.79 Å². The number of aryl methyl sites for hydroxylation is 1. The Labute approximate surface area is 220 Å². The number of likely N-dealkylation sites (N-methyl/N-ethyl adjacent to an activating group) is 1. The second-order valence-electron chi connectivity index (χ2n) is 9.55. The van der Waals surface area contributed by atoms with Crippen LogP contribution in [0.2, 0.25) is 0 Å². The van der Waals surface area contributed by atoms with Crippen molar-refractivity contribution < 1.29 is 18.0 Å². The highest BCUT2D eigenvalue weighted by Crippen LogP contribution is 2.34. The van der Waals surface area contributed by atoms with Gasteiger partial charge in [-0.2, -0.15) is 0 Å². The Morgan fingerprint density at radius 2 is 1.63 bits per heavy atom. The molecule has 1 saturated heterocycles. The summed E-state index contributed by atoms with van der Waals surface area (Å²) in [5, 5.41) is 3.40. The first-order valence-corrected chi connectivity index (χ1v) is 12.7. The molecule has 5 rings (SSSR count). The summed E-state index contributed by atoms with van der Waals surface area (Å²) >= 11 is 0. The van der Waals surface area contributed by atoms with Gasteiger partial charge in [-0.05, 0) is 35.4 Å². The molecule has 0 bridgehead atoms. The maximum Gasteiger partial charge on any atom is 0.242 e. The minimum Gasteiger partial charge on any atom is -0.425 e. The average molecular weight is 517 g/mol. The van der Waals surface area contributed by atoms with Gasteiger partial charge in [-0.1, -0.05) is 54.6 Å². The zero-order valence-electron chi connectivity index (χ0n) is 21.4. The van der Waals surface area contributed by atoms with Crippen LogP contribution in [-0.2, 0) is 4.79 Å². The van der Waals surface area contributed by atoms with Crippen molar-refractivity contribution in [2.45, 2.75) is 18.9 Å². The van der Waals surface area contributed by atoms with Crippen LogP contribution in [0.3, 0.4) is 0 Å². The van der Waals surface area contributed by atoms with Crippen molar-refractivity contribution in [1.29, 1.82) is 0 Å². The molecule has 1 atom stereocenters. The lowest BCUT2D eigenvalue weighted by atomic mass is 9.83. The summed E-state index contributed by atoms with van der Waals surface area (Å²) in [6, 6.07) is 22.1. The predicted molar refractivity (Wildman–Crippen MR) is 143 cm³/mol. The predicted octanol–water partition coefficient (Wildman–Crippen LogP) is 5.00. The number of carbonyl (C=O) groups excluding carboxylic acids is 1. The van der Waals surface area contributed by atoms with Crippen LogP contribution in [0.1, 0.15) is 22.9 Å². The van der Waals surface area contributed by atoms with E-state index in [4.69, 9.17) is 4.42 Å². The van der Waals surface area contributed by atoms with E-state index in [2.05, 4.69) is 10.3 Å². The Morgan fingerprint density at radius 3 is 2.24 bits per heavy atom. The Hall–Kier alpha value is -4.04. The Balaban J connectivity index is 1.44. The number of amides is 1. The number of hydrogen-bond acceptors (Lipinski definition) is 5. The standard InChI is InChI=1S/C30H30F2N4O2/c1-20-34-29(23-6-4-3-5-7-23)30(38-20)35(2)19-27(37)36-17-16-33-18-26(36)28(21-8-12-24(31)13-9-21)22-10-14-25(32)15-11-22/h3-15,26,28,33H,16-19H2,1-2H3. The van der Waals surface area contributed by atoms with Crippen LogP contribution >= 0.6 is 0 Å². The number of nitrogens with one attached hydrogen (secondary N) is 1. The first-order chi connectivity index (χ1) is 18.4. The van der Waals surface area contributed by atoms with E-state index in [0.717, 1.165) is 16.7 Å². The number of hydrogen-bond donors (Lipinski definition) is 1. The molecule has 0 spiro atoms. The number of rotatable bonds is 7. The molecule has 1 aliphatic heterocycles. The van der Waals surface area contributed by atoms with Gasteiger partial charge in [-0.25, -0.2) is 13.8 Å². The van der Waals surface area contributed by atoms with Crippen molar-refractivity contribution in [1.82, 2.24) is 15.2 Å². The Bertz CT molecular complexity index is 1330. The van der Waals surface area contributed by atoms with Gasteiger partial charge < -0.3 is 19.5 Å². The first-order valence-electron chi connectivity index (χ1n) is 12.7. The molecule has 1 aromatic heterocycles. The highest BCUT2D eigenvalue weighted by Gasteiger charge is 2.35. The molecule has 1 unspecified atom stereocenters. The molecule has 1 aliphatic rings. The Morgan fingerprint density at radius 1 is 1.03 bits per heavy atom. The number of anilines is 1. The number of carbonyl (C=O) groups is 1. The summed E-state index contributed by atoms with van der Waals surface area (Å²) in [5.74, 6) is 0.0409. The van der Waals surface area contributed by atoms with Crippen LogP contribution in [0, 0.1) is 18.6 Å². The monoisotopic (exact) mass is 516 g/mol. The van der Waals surface area contributed by atoms with Gasteiger partial charge in [0.2, 0.25) is 11.8 Å². The number of benzene rings is 3. The summed E-state index contributed by atoms with van der Waals surface area (Å²) in [7, 11) is 1.82. The topological polar surface area (TPSA) is 61.6 Å². The fourth-order valence-electron chi connectivity index (χ4n) is 5.13. The largest absolute Gasteiger partial charge is 0.425 e. The maximum absolute atomic E-state index is 13.8. The van der Waals surface area contributed by atoms with Gasteiger partial charge in [0.25, 0.3) is 0 Å². The molecule has 8 heteroatoms. The lowest BCUT2D eigenvalue weighted by Crippen LogP contribution is -2.57. The molecule has 2 heterocycles. The normalized spacial score (nSPS) is 15.6. The molecule has 1 N–H and O–H groups in total. The molecular formula is C30H30F2N4O2. The zero-order chi connectivity index (χ0) is 26.6. The third-order valence-electron chi connectivity index (χ3n) is 6.93. The van der Waals surface area contributed by atoms with Crippen LogP contribution in [0.25, 0.3) is 11.3 Å². The molecule has 3 aromatic carbocycles. The second kappa shape index (κ2) is 11.1. The van der Waals surface area contributed by atoms with Crippen molar-refractivity contribution in [3.8, 4) is 11.3 Å². The van der Waals surface area contributed by atoms with Crippen molar-refractivity contribution in [3.63, 3.8) is 0 Å². The van der Waals surface area contributed by atoms with Gasteiger partial charge in [0, 0.05) is 45.1 Å². The van der Waals surface area contributed by atoms with Gasteiger partial charge in [0.15, 0.2) is 5.89 Å². The average Bonchev–Trinajstić information content (AvgIpc) is 3.33. The third kappa shape index (κ3) is 5.45. The molecule has 1 amide bonds. The molecule has 0 radical (unpaired) electrons. The van der Waals surface area contributed by atoms with Crippen LogP contribution < -0.4 is 10.2 Å². The van der Waals surface area contributed by atoms with E-state index in [0.29, 0.717) is 37.1 Å². The number of halogens is 2. The van der Waals surface area contributed by atoms with Crippen molar-refractivity contribution >= 4 is 11.8 Å². The summed E-state index contributed by atoms with van der Waals surface area (Å²) in [6.07, 6.45) is 0. The van der Waals surface area contributed by atoms with Crippen LogP contribution in [0.15, 0.2) is 83.3 Å². The smallest absolute Gasteiger partial charge is 0.242 e. The van der Waals surface area contributed by atoms with E-state index in [-0.39, 0.29) is 36.0 Å². The van der Waals surface area contributed by atoms with E-state index in [1.807, 2.05) is 42.3 Å². The minimum atomic E-state index is -0.334. The lowest BCUT2D eigenvalue weighted by Gasteiger charge is -2.42. The second-order valence-corrected chi connectivity index (χ2v) is 9.55. The van der Waals surface area contributed by atoms with E-state index < -0.39 is 0 Å². The number of oxazole rings is 1. The van der Waals surface area contributed by atoms with Gasteiger partial charge in [0.05, 0.1) is 12.6 Å². The molecule has 1 fully saturated rings. The molecule has 196 valence electrons. The van der Waals surface area contributed by atoms with Gasteiger partial charge in [-0.15, -0.1) is 0 Å². The quantitative estimate of drug-likeness (QED) is 0.375.